The normalized spacial score (nSPS) is 14.6. The van der Waals surface area contributed by atoms with Gasteiger partial charge in [0, 0.05) is 36.3 Å². The van der Waals surface area contributed by atoms with E-state index in [1.807, 2.05) is 0 Å². The van der Waals surface area contributed by atoms with E-state index in [0.29, 0.717) is 28.3 Å². The van der Waals surface area contributed by atoms with Crippen LogP contribution in [0, 0.1) is 16.0 Å². The van der Waals surface area contributed by atoms with Crippen LogP contribution in [0.1, 0.15) is 41.0 Å². The van der Waals surface area contributed by atoms with Crippen LogP contribution in [-0.4, -0.2) is 47.8 Å². The van der Waals surface area contributed by atoms with E-state index >= 15 is 0 Å². The molecule has 1 heterocycles. The molecule has 0 bridgehead atoms. The summed E-state index contributed by atoms with van der Waals surface area (Å²) in [5, 5.41) is 10.8. The van der Waals surface area contributed by atoms with Crippen molar-refractivity contribution in [2.24, 2.45) is 5.92 Å². The first-order valence-corrected chi connectivity index (χ1v) is 12.4. The lowest BCUT2D eigenvalue weighted by molar-refractivity contribution is -0.384. The number of carbonyl (C=O) groups is 4. The number of nitrogens with zero attached hydrogens (tertiary/aromatic N) is 2. The number of esters is 2. The summed E-state index contributed by atoms with van der Waals surface area (Å²) in [6.45, 7) is 3.11. The van der Waals surface area contributed by atoms with Gasteiger partial charge >= 0.3 is 11.9 Å². The van der Waals surface area contributed by atoms with Gasteiger partial charge in [-0.15, -0.1) is 0 Å². The monoisotopic (exact) mass is 546 g/mol. The molecule has 1 saturated heterocycles. The number of ether oxygens (including phenoxy) is 3. The van der Waals surface area contributed by atoms with Crippen molar-refractivity contribution in [3.63, 3.8) is 0 Å². The average Bonchev–Trinajstić information content (AvgIpc) is 3.33. The molecule has 1 amide bonds. The van der Waals surface area contributed by atoms with Gasteiger partial charge in [-0.05, 0) is 74.5 Å². The van der Waals surface area contributed by atoms with Crippen LogP contribution in [0.25, 0.3) is 0 Å². The second-order valence-corrected chi connectivity index (χ2v) is 9.31. The molecule has 0 aliphatic carbocycles. The van der Waals surface area contributed by atoms with Crippen molar-refractivity contribution in [3.8, 4) is 11.5 Å². The van der Waals surface area contributed by atoms with E-state index in [4.69, 9.17) is 14.2 Å². The van der Waals surface area contributed by atoms with Gasteiger partial charge in [-0.1, -0.05) is 0 Å². The van der Waals surface area contributed by atoms with Crippen LogP contribution < -0.4 is 9.64 Å². The van der Waals surface area contributed by atoms with Gasteiger partial charge in [-0.25, -0.2) is 4.79 Å². The van der Waals surface area contributed by atoms with Crippen molar-refractivity contribution in [2.45, 2.75) is 26.4 Å². The third-order valence-corrected chi connectivity index (χ3v) is 6.02. The van der Waals surface area contributed by atoms with Crippen LogP contribution in [-0.2, 0) is 19.1 Å². The number of anilines is 1. The maximum atomic E-state index is 12.6. The predicted molar refractivity (Wildman–Crippen MR) is 142 cm³/mol. The zero-order chi connectivity index (χ0) is 28.8. The fourth-order valence-corrected chi connectivity index (χ4v) is 3.99. The third-order valence-electron chi connectivity index (χ3n) is 6.02. The minimum atomic E-state index is -0.733. The molecule has 0 saturated carbocycles. The summed E-state index contributed by atoms with van der Waals surface area (Å²) in [6, 6.07) is 18.0. The van der Waals surface area contributed by atoms with Crippen molar-refractivity contribution in [3.05, 3.63) is 94.0 Å². The smallest absolute Gasteiger partial charge is 0.338 e. The number of nitro benzene ring substituents is 1. The zero-order valence-electron chi connectivity index (χ0n) is 21.8. The number of Topliss-reactive ketones (excluding diaryl/α,β-unsaturated/α-hetero) is 1. The topological polar surface area (TPSA) is 142 Å². The minimum Gasteiger partial charge on any atom is -0.459 e. The Kier molecular flexibility index (Phi) is 8.53. The summed E-state index contributed by atoms with van der Waals surface area (Å²) < 4.78 is 16.0. The van der Waals surface area contributed by atoms with Gasteiger partial charge in [0.25, 0.3) is 5.69 Å². The first kappa shape index (κ1) is 28.0. The van der Waals surface area contributed by atoms with E-state index in [1.165, 1.54) is 41.3 Å². The molecule has 1 atom stereocenters. The Morgan fingerprint density at radius 3 is 2.08 bits per heavy atom. The van der Waals surface area contributed by atoms with E-state index in [-0.39, 0.29) is 30.7 Å². The molecule has 3 aromatic rings. The number of hydrogen-bond acceptors (Lipinski definition) is 9. The highest BCUT2D eigenvalue weighted by Gasteiger charge is 2.36. The lowest BCUT2D eigenvalue weighted by atomic mass is 10.1. The molecule has 40 heavy (non-hydrogen) atoms. The van der Waals surface area contributed by atoms with E-state index in [1.54, 1.807) is 50.2 Å². The Balaban J connectivity index is 1.27. The average molecular weight is 547 g/mol. The predicted octanol–water partition coefficient (Wildman–Crippen LogP) is 4.73. The zero-order valence-corrected chi connectivity index (χ0v) is 21.8. The summed E-state index contributed by atoms with van der Waals surface area (Å²) in [7, 11) is 0. The third kappa shape index (κ3) is 6.87. The molecule has 0 unspecified atom stereocenters. The SMILES string of the molecule is CC(C)OC(=O)c1ccc(N2C[C@H](C(=O)OCC(=O)c3ccc(Oc4ccc([N+](=O)[O-])cc4)cc3)CC2=O)cc1. The molecule has 1 aliphatic rings. The first-order chi connectivity index (χ1) is 19.1. The Morgan fingerprint density at radius 1 is 0.925 bits per heavy atom. The molecule has 4 rings (SSSR count). The second-order valence-electron chi connectivity index (χ2n) is 9.31. The molecule has 0 spiro atoms. The van der Waals surface area contributed by atoms with Crippen LogP contribution in [0.3, 0.4) is 0 Å². The molecule has 3 aromatic carbocycles. The van der Waals surface area contributed by atoms with E-state index in [0.717, 1.165) is 0 Å². The maximum absolute atomic E-state index is 12.6. The minimum absolute atomic E-state index is 0.0567. The lowest BCUT2D eigenvalue weighted by Gasteiger charge is -2.17. The van der Waals surface area contributed by atoms with Gasteiger partial charge in [0.1, 0.15) is 11.5 Å². The van der Waals surface area contributed by atoms with Gasteiger partial charge in [0.05, 0.1) is 22.5 Å². The van der Waals surface area contributed by atoms with Crippen molar-refractivity contribution in [1.82, 2.24) is 0 Å². The lowest BCUT2D eigenvalue weighted by Crippen LogP contribution is -2.27. The summed E-state index contributed by atoms with van der Waals surface area (Å²) in [5.74, 6) is -1.75. The van der Waals surface area contributed by atoms with Gasteiger partial charge in [0.15, 0.2) is 12.4 Å². The van der Waals surface area contributed by atoms with Crippen molar-refractivity contribution in [1.29, 1.82) is 0 Å². The molecule has 1 aliphatic heterocycles. The maximum Gasteiger partial charge on any atom is 0.338 e. The van der Waals surface area contributed by atoms with Gasteiger partial charge in [-0.3, -0.25) is 24.5 Å². The van der Waals surface area contributed by atoms with Crippen molar-refractivity contribution in [2.75, 3.05) is 18.1 Å². The Hall–Kier alpha value is -5.06. The molecular weight excluding hydrogens is 520 g/mol. The van der Waals surface area contributed by atoms with Crippen LogP contribution in [0.15, 0.2) is 72.8 Å². The fraction of sp³-hybridized carbons (Fsp3) is 0.241. The Bertz CT molecular complexity index is 1420. The first-order valence-electron chi connectivity index (χ1n) is 12.4. The molecule has 0 radical (unpaired) electrons. The molecule has 206 valence electrons. The van der Waals surface area contributed by atoms with Crippen LogP contribution >= 0.6 is 0 Å². The summed E-state index contributed by atoms with van der Waals surface area (Å²) in [4.78, 5) is 61.4. The van der Waals surface area contributed by atoms with E-state index in [9.17, 15) is 29.3 Å². The van der Waals surface area contributed by atoms with Crippen LogP contribution in [0.4, 0.5) is 11.4 Å². The number of carbonyl (C=O) groups excluding carboxylic acids is 4. The highest BCUT2D eigenvalue weighted by molar-refractivity contribution is 6.01. The van der Waals surface area contributed by atoms with Gasteiger partial charge in [0.2, 0.25) is 5.91 Å². The molecular formula is C29H26N2O9. The van der Waals surface area contributed by atoms with Crippen molar-refractivity contribution >= 4 is 35.0 Å². The number of benzene rings is 3. The van der Waals surface area contributed by atoms with Crippen molar-refractivity contribution < 1.29 is 38.3 Å². The summed E-state index contributed by atoms with van der Waals surface area (Å²) in [5.41, 5.74) is 1.12. The standard InChI is InChI=1S/C29H26N2O9/c1-18(2)39-29(35)20-3-7-22(8-4-20)30-16-21(15-27(30)33)28(34)38-17-26(32)19-5-11-24(12-6-19)40-25-13-9-23(10-14-25)31(36)37/h3-14,18,21H,15-17H2,1-2H3/t21-/m1/s1. The number of nitro groups is 1. The van der Waals surface area contributed by atoms with Crippen LogP contribution in [0.2, 0.25) is 0 Å². The number of hydrogen-bond donors (Lipinski definition) is 0. The molecule has 0 aromatic heterocycles. The van der Waals surface area contributed by atoms with E-state index < -0.39 is 35.2 Å². The number of non-ortho nitro benzene ring substituents is 1. The fourth-order valence-electron chi connectivity index (χ4n) is 3.99. The molecule has 11 heteroatoms. The van der Waals surface area contributed by atoms with Gasteiger partial charge < -0.3 is 19.1 Å². The quantitative estimate of drug-likeness (QED) is 0.153. The summed E-state index contributed by atoms with van der Waals surface area (Å²) >= 11 is 0. The van der Waals surface area contributed by atoms with Crippen LogP contribution in [0.5, 0.6) is 11.5 Å². The molecule has 1 fully saturated rings. The number of ketones is 1. The highest BCUT2D eigenvalue weighted by atomic mass is 16.6. The Morgan fingerprint density at radius 2 is 1.50 bits per heavy atom. The largest absolute Gasteiger partial charge is 0.459 e. The molecule has 11 nitrogen and oxygen atoms in total. The van der Waals surface area contributed by atoms with E-state index in [2.05, 4.69) is 0 Å². The van der Waals surface area contributed by atoms with Gasteiger partial charge in [-0.2, -0.15) is 0 Å². The highest BCUT2D eigenvalue weighted by Crippen LogP contribution is 2.27. The second kappa shape index (κ2) is 12.2. The summed E-state index contributed by atoms with van der Waals surface area (Å²) in [6.07, 6.45) is -0.312. The number of rotatable bonds is 10. The molecule has 0 N–H and O–H groups in total. The number of amides is 1. The Labute approximate surface area is 229 Å².